The van der Waals surface area contributed by atoms with Crippen molar-refractivity contribution >= 4 is 0 Å². The highest BCUT2D eigenvalue weighted by molar-refractivity contribution is 5.19. The number of benzene rings is 1. The molecule has 0 nitrogen and oxygen atoms in total. The van der Waals surface area contributed by atoms with Gasteiger partial charge in [-0.2, -0.15) is 0 Å². The number of unbranched alkanes of at least 4 members (excludes halogenated alkanes) is 1. The minimum Gasteiger partial charge on any atom is -0.103 e. The van der Waals surface area contributed by atoms with Crippen molar-refractivity contribution in [1.82, 2.24) is 0 Å². The first kappa shape index (κ1) is 26.5. The third kappa shape index (κ3) is 12.2. The number of rotatable bonds is 18. The van der Waals surface area contributed by atoms with Crippen molar-refractivity contribution in [3.8, 4) is 0 Å². The topological polar surface area (TPSA) is 0 Å². The Morgan fingerprint density at radius 2 is 1.27 bits per heavy atom. The fraction of sp³-hybridized carbons (Fsp3) is 0.600. The van der Waals surface area contributed by atoms with E-state index in [2.05, 4.69) is 88.1 Å². The average molecular weight is 409 g/mol. The van der Waals surface area contributed by atoms with Crippen LogP contribution in [-0.4, -0.2) is 0 Å². The van der Waals surface area contributed by atoms with E-state index < -0.39 is 0 Å². The van der Waals surface area contributed by atoms with Crippen molar-refractivity contribution in [3.05, 3.63) is 72.9 Å². The van der Waals surface area contributed by atoms with E-state index in [1.165, 1.54) is 82.6 Å². The first-order chi connectivity index (χ1) is 14.7. The van der Waals surface area contributed by atoms with Gasteiger partial charge in [-0.25, -0.2) is 0 Å². The van der Waals surface area contributed by atoms with Gasteiger partial charge in [-0.15, -0.1) is 6.58 Å². The highest BCUT2D eigenvalue weighted by atomic mass is 14.1. The highest BCUT2D eigenvalue weighted by Crippen LogP contribution is 2.24. The first-order valence-corrected chi connectivity index (χ1v) is 12.7. The Labute approximate surface area is 188 Å². The van der Waals surface area contributed by atoms with E-state index in [1.54, 1.807) is 0 Å². The van der Waals surface area contributed by atoms with Crippen LogP contribution in [0.4, 0.5) is 0 Å². The van der Waals surface area contributed by atoms with Gasteiger partial charge in [0.2, 0.25) is 0 Å². The van der Waals surface area contributed by atoms with Gasteiger partial charge in [0.25, 0.3) is 0 Å². The van der Waals surface area contributed by atoms with E-state index in [9.17, 15) is 0 Å². The SMILES string of the molecule is C=CC(CC/C=C\CCC(CC)c1ccccc1)CC/C=C/CCCC(CC)CC. The van der Waals surface area contributed by atoms with Crippen LogP contribution in [0, 0.1) is 11.8 Å². The summed E-state index contributed by atoms with van der Waals surface area (Å²) in [4.78, 5) is 0. The zero-order chi connectivity index (χ0) is 21.9. The second-order valence-electron chi connectivity index (χ2n) is 8.80. The molecule has 0 aromatic heterocycles. The molecule has 0 aliphatic heterocycles. The summed E-state index contributed by atoms with van der Waals surface area (Å²) in [5.41, 5.74) is 1.49. The number of allylic oxidation sites excluding steroid dienone is 5. The molecule has 0 radical (unpaired) electrons. The first-order valence-electron chi connectivity index (χ1n) is 12.7. The largest absolute Gasteiger partial charge is 0.103 e. The van der Waals surface area contributed by atoms with E-state index in [-0.39, 0.29) is 0 Å². The van der Waals surface area contributed by atoms with Crippen molar-refractivity contribution in [2.24, 2.45) is 11.8 Å². The predicted molar refractivity (Wildman–Crippen MR) is 137 cm³/mol. The van der Waals surface area contributed by atoms with Crippen LogP contribution in [0.2, 0.25) is 0 Å². The molecule has 0 heteroatoms. The van der Waals surface area contributed by atoms with Crippen molar-refractivity contribution in [2.45, 2.75) is 104 Å². The van der Waals surface area contributed by atoms with Crippen molar-refractivity contribution in [1.29, 1.82) is 0 Å². The van der Waals surface area contributed by atoms with Crippen LogP contribution in [0.3, 0.4) is 0 Å². The third-order valence-electron chi connectivity index (χ3n) is 6.66. The Morgan fingerprint density at radius 1 is 0.700 bits per heavy atom. The molecule has 168 valence electrons. The van der Waals surface area contributed by atoms with Crippen LogP contribution in [-0.2, 0) is 0 Å². The van der Waals surface area contributed by atoms with Gasteiger partial charge in [0, 0.05) is 0 Å². The van der Waals surface area contributed by atoms with E-state index in [0.717, 1.165) is 5.92 Å². The Kier molecular flexibility index (Phi) is 16.1. The van der Waals surface area contributed by atoms with E-state index in [4.69, 9.17) is 0 Å². The maximum absolute atomic E-state index is 4.06. The zero-order valence-electron chi connectivity index (χ0n) is 20.2. The molecule has 30 heavy (non-hydrogen) atoms. The fourth-order valence-electron chi connectivity index (χ4n) is 4.32. The highest BCUT2D eigenvalue weighted by Gasteiger charge is 2.07. The van der Waals surface area contributed by atoms with Crippen LogP contribution in [0.5, 0.6) is 0 Å². The molecule has 0 N–H and O–H groups in total. The Balaban J connectivity index is 2.14. The monoisotopic (exact) mass is 408 g/mol. The molecule has 0 saturated carbocycles. The second kappa shape index (κ2) is 18.2. The molecule has 1 aromatic rings. The minimum absolute atomic E-state index is 0.650. The standard InChI is InChI=1S/C30H48/c1-5-27(6-2)21-15-10-9-11-16-22-28(7-3)23-17-12-13-18-24-29(8-4)30-25-19-14-20-26-30/h7,9,11-14,19-20,25-29H,3,5-6,8,10,15-18,21-24H2,1-2,4H3/b11-9+,13-12-. The Bertz CT molecular complexity index is 561. The minimum atomic E-state index is 0.650. The molecule has 0 aliphatic carbocycles. The lowest BCUT2D eigenvalue weighted by Gasteiger charge is -2.14. The lowest BCUT2D eigenvalue weighted by atomic mass is 9.92. The molecule has 0 heterocycles. The summed E-state index contributed by atoms with van der Waals surface area (Å²) in [6.45, 7) is 11.0. The molecular weight excluding hydrogens is 360 g/mol. The van der Waals surface area contributed by atoms with Gasteiger partial charge in [0.15, 0.2) is 0 Å². The van der Waals surface area contributed by atoms with Gasteiger partial charge < -0.3 is 0 Å². The smallest absolute Gasteiger partial charge is 0.0162 e. The lowest BCUT2D eigenvalue weighted by molar-refractivity contribution is 0.443. The predicted octanol–water partition coefficient (Wildman–Crippen LogP) is 10.0. The van der Waals surface area contributed by atoms with Crippen molar-refractivity contribution < 1.29 is 0 Å². The molecular formula is C30H48. The summed E-state index contributed by atoms with van der Waals surface area (Å²) in [6.07, 6.45) is 26.9. The Hall–Kier alpha value is -1.56. The quantitative estimate of drug-likeness (QED) is 0.167. The zero-order valence-corrected chi connectivity index (χ0v) is 20.2. The Morgan fingerprint density at radius 3 is 1.80 bits per heavy atom. The molecule has 0 aliphatic rings. The van der Waals surface area contributed by atoms with Gasteiger partial charge in [-0.05, 0) is 81.1 Å². The molecule has 0 fully saturated rings. The summed E-state index contributed by atoms with van der Waals surface area (Å²) in [5.74, 6) is 2.28. The molecule has 0 saturated heterocycles. The summed E-state index contributed by atoms with van der Waals surface area (Å²) in [5, 5.41) is 0. The van der Waals surface area contributed by atoms with Gasteiger partial charge in [0.1, 0.15) is 0 Å². The van der Waals surface area contributed by atoms with Gasteiger partial charge in [-0.3, -0.25) is 0 Å². The van der Waals surface area contributed by atoms with Crippen molar-refractivity contribution in [3.63, 3.8) is 0 Å². The molecule has 0 amide bonds. The number of hydrogen-bond donors (Lipinski definition) is 0. The lowest BCUT2D eigenvalue weighted by Crippen LogP contribution is -1.96. The molecule has 1 rings (SSSR count). The molecule has 1 aromatic carbocycles. The second-order valence-corrected chi connectivity index (χ2v) is 8.80. The van der Waals surface area contributed by atoms with E-state index in [1.807, 2.05) is 0 Å². The summed E-state index contributed by atoms with van der Waals surface area (Å²) in [7, 11) is 0. The molecule has 2 atom stereocenters. The van der Waals surface area contributed by atoms with Gasteiger partial charge in [-0.1, -0.05) is 101 Å². The number of hydrogen-bond acceptors (Lipinski definition) is 0. The maximum atomic E-state index is 4.06. The third-order valence-corrected chi connectivity index (χ3v) is 6.66. The van der Waals surface area contributed by atoms with Crippen LogP contribution < -0.4 is 0 Å². The van der Waals surface area contributed by atoms with Crippen molar-refractivity contribution in [2.75, 3.05) is 0 Å². The molecule has 0 spiro atoms. The summed E-state index contributed by atoms with van der Waals surface area (Å²) < 4.78 is 0. The van der Waals surface area contributed by atoms with E-state index >= 15 is 0 Å². The summed E-state index contributed by atoms with van der Waals surface area (Å²) >= 11 is 0. The van der Waals surface area contributed by atoms with Gasteiger partial charge >= 0.3 is 0 Å². The van der Waals surface area contributed by atoms with Gasteiger partial charge in [0.05, 0.1) is 0 Å². The van der Waals surface area contributed by atoms with Crippen LogP contribution >= 0.6 is 0 Å². The molecule has 0 bridgehead atoms. The molecule has 2 unspecified atom stereocenters. The van der Waals surface area contributed by atoms with Crippen LogP contribution in [0.1, 0.15) is 109 Å². The van der Waals surface area contributed by atoms with Crippen LogP contribution in [0.15, 0.2) is 67.3 Å². The normalized spacial score (nSPS) is 14.0. The van der Waals surface area contributed by atoms with Crippen LogP contribution in [0.25, 0.3) is 0 Å². The summed E-state index contributed by atoms with van der Waals surface area (Å²) in [6, 6.07) is 11.0. The fourth-order valence-corrected chi connectivity index (χ4v) is 4.32. The van der Waals surface area contributed by atoms with E-state index in [0.29, 0.717) is 11.8 Å². The average Bonchev–Trinajstić information content (AvgIpc) is 2.79. The maximum Gasteiger partial charge on any atom is -0.0162 e.